The summed E-state index contributed by atoms with van der Waals surface area (Å²) >= 11 is 0. The molecule has 0 radical (unpaired) electrons. The Balaban J connectivity index is 1.57. The van der Waals surface area contributed by atoms with Gasteiger partial charge in [0.15, 0.2) is 0 Å². The number of piperidine rings is 1. The van der Waals surface area contributed by atoms with Crippen LogP contribution in [0.1, 0.15) is 30.8 Å². The first-order chi connectivity index (χ1) is 12.1. The molecule has 1 fully saturated rings. The number of aryl methyl sites for hydroxylation is 1. The summed E-state index contributed by atoms with van der Waals surface area (Å²) in [5.41, 5.74) is 0.385. The second-order valence-electron chi connectivity index (χ2n) is 6.15. The molecule has 1 saturated heterocycles. The van der Waals surface area contributed by atoms with Gasteiger partial charge >= 0.3 is 0 Å². The van der Waals surface area contributed by atoms with E-state index in [1.165, 1.54) is 36.2 Å². The van der Waals surface area contributed by atoms with E-state index in [1.807, 2.05) is 6.07 Å². The van der Waals surface area contributed by atoms with Gasteiger partial charge in [-0.25, -0.2) is 15.0 Å². The number of hydrogen-bond acceptors (Lipinski definition) is 6. The molecule has 8 heteroatoms. The normalized spacial score (nSPS) is 14.4. The summed E-state index contributed by atoms with van der Waals surface area (Å²) in [6.07, 6.45) is 6.71. The van der Waals surface area contributed by atoms with Crippen molar-refractivity contribution in [2.45, 2.75) is 39.3 Å². The van der Waals surface area contributed by atoms with Gasteiger partial charge in [0.2, 0.25) is 5.91 Å². The number of amides is 1. The fourth-order valence-corrected chi connectivity index (χ4v) is 2.80. The summed E-state index contributed by atoms with van der Waals surface area (Å²) in [5, 5.41) is 2.75. The molecular formula is C17H22N6O2. The number of anilines is 1. The van der Waals surface area contributed by atoms with Gasteiger partial charge in [0.1, 0.15) is 18.2 Å². The molecule has 1 N–H and O–H groups in total. The minimum Gasteiger partial charge on any atom is -0.357 e. The van der Waals surface area contributed by atoms with Gasteiger partial charge in [0, 0.05) is 31.0 Å². The van der Waals surface area contributed by atoms with Gasteiger partial charge in [-0.2, -0.15) is 0 Å². The highest BCUT2D eigenvalue weighted by Gasteiger charge is 2.13. The van der Waals surface area contributed by atoms with E-state index in [0.717, 1.165) is 18.9 Å². The van der Waals surface area contributed by atoms with Crippen molar-refractivity contribution < 1.29 is 4.79 Å². The minimum absolute atomic E-state index is 0.0715. The number of carbonyl (C=O) groups is 1. The molecule has 1 aliphatic rings. The monoisotopic (exact) mass is 342 g/mol. The Labute approximate surface area is 145 Å². The van der Waals surface area contributed by atoms with Crippen LogP contribution < -0.4 is 15.8 Å². The van der Waals surface area contributed by atoms with E-state index in [-0.39, 0.29) is 24.6 Å². The third-order valence-electron chi connectivity index (χ3n) is 4.14. The Bertz CT molecular complexity index is 798. The van der Waals surface area contributed by atoms with Crippen LogP contribution in [0.25, 0.3) is 0 Å². The highest BCUT2D eigenvalue weighted by atomic mass is 16.2. The van der Waals surface area contributed by atoms with E-state index in [9.17, 15) is 9.59 Å². The summed E-state index contributed by atoms with van der Waals surface area (Å²) in [4.78, 5) is 38.8. The van der Waals surface area contributed by atoms with Gasteiger partial charge < -0.3 is 10.2 Å². The van der Waals surface area contributed by atoms with Crippen LogP contribution in [-0.4, -0.2) is 38.5 Å². The van der Waals surface area contributed by atoms with E-state index in [4.69, 9.17) is 0 Å². The molecule has 1 amide bonds. The first-order valence-corrected chi connectivity index (χ1v) is 8.48. The molecule has 3 heterocycles. The van der Waals surface area contributed by atoms with Gasteiger partial charge in [-0.1, -0.05) is 0 Å². The molecule has 0 bridgehead atoms. The van der Waals surface area contributed by atoms with Gasteiger partial charge in [0.25, 0.3) is 5.56 Å². The molecule has 2 aromatic heterocycles. The zero-order valence-corrected chi connectivity index (χ0v) is 14.3. The predicted octanol–water partition coefficient (Wildman–Crippen LogP) is 0.648. The highest BCUT2D eigenvalue weighted by molar-refractivity contribution is 5.75. The highest BCUT2D eigenvalue weighted by Crippen LogP contribution is 2.16. The van der Waals surface area contributed by atoms with Crippen molar-refractivity contribution in [1.29, 1.82) is 0 Å². The smallest absolute Gasteiger partial charge is 0.253 e. The third-order valence-corrected chi connectivity index (χ3v) is 4.14. The molecule has 0 aliphatic carbocycles. The summed E-state index contributed by atoms with van der Waals surface area (Å²) < 4.78 is 1.27. The van der Waals surface area contributed by atoms with Crippen LogP contribution in [0.5, 0.6) is 0 Å². The lowest BCUT2D eigenvalue weighted by atomic mass is 10.1. The minimum atomic E-state index is -0.278. The van der Waals surface area contributed by atoms with Crippen molar-refractivity contribution in [2.75, 3.05) is 18.0 Å². The lowest BCUT2D eigenvalue weighted by Crippen LogP contribution is -2.33. The molecule has 1 aliphatic heterocycles. The zero-order chi connectivity index (χ0) is 17.6. The van der Waals surface area contributed by atoms with E-state index < -0.39 is 0 Å². The van der Waals surface area contributed by atoms with Gasteiger partial charge in [0.05, 0.1) is 12.9 Å². The van der Waals surface area contributed by atoms with Crippen molar-refractivity contribution in [3.63, 3.8) is 0 Å². The van der Waals surface area contributed by atoms with Gasteiger partial charge in [-0.3, -0.25) is 14.2 Å². The zero-order valence-electron chi connectivity index (χ0n) is 14.3. The number of carbonyl (C=O) groups excluding carboxylic acids is 1. The number of rotatable bonds is 5. The summed E-state index contributed by atoms with van der Waals surface area (Å²) in [6.45, 7) is 3.91. The maximum atomic E-state index is 12.0. The Kier molecular flexibility index (Phi) is 5.37. The third kappa shape index (κ3) is 4.62. The molecule has 2 aromatic rings. The largest absolute Gasteiger partial charge is 0.357 e. The van der Waals surface area contributed by atoms with Crippen molar-refractivity contribution in [1.82, 2.24) is 24.8 Å². The van der Waals surface area contributed by atoms with Crippen LogP contribution >= 0.6 is 0 Å². The van der Waals surface area contributed by atoms with Crippen LogP contribution in [0.4, 0.5) is 5.82 Å². The molecule has 25 heavy (non-hydrogen) atoms. The van der Waals surface area contributed by atoms with Crippen LogP contribution in [0, 0.1) is 6.92 Å². The molecule has 0 atom stereocenters. The Morgan fingerprint density at radius 2 is 2.04 bits per heavy atom. The molecule has 8 nitrogen and oxygen atoms in total. The van der Waals surface area contributed by atoms with Crippen LogP contribution in [0.2, 0.25) is 0 Å². The number of hydrogen-bond donors (Lipinski definition) is 1. The van der Waals surface area contributed by atoms with Crippen LogP contribution in [-0.2, 0) is 17.9 Å². The average molecular weight is 342 g/mol. The van der Waals surface area contributed by atoms with Gasteiger partial charge in [-0.05, 0) is 32.3 Å². The number of nitrogens with one attached hydrogen (secondary N) is 1. The summed E-state index contributed by atoms with van der Waals surface area (Å²) in [7, 11) is 0. The maximum Gasteiger partial charge on any atom is 0.253 e. The molecule has 0 aromatic carbocycles. The standard InChI is InChI=1S/C17H22N6O2/c1-13-9-17(25)23(12-20-13)11-16(24)19-10-14-18-6-5-15(21-14)22-7-3-2-4-8-22/h5-6,9,12H,2-4,7-8,10-11H2,1H3,(H,19,24). The lowest BCUT2D eigenvalue weighted by Gasteiger charge is -2.27. The van der Waals surface area contributed by atoms with Crippen LogP contribution in [0.15, 0.2) is 29.5 Å². The summed E-state index contributed by atoms with van der Waals surface area (Å²) in [6, 6.07) is 3.30. The topological polar surface area (TPSA) is 93.0 Å². The molecule has 0 spiro atoms. The van der Waals surface area contributed by atoms with E-state index in [0.29, 0.717) is 11.5 Å². The molecule has 3 rings (SSSR count). The van der Waals surface area contributed by atoms with Crippen molar-refractivity contribution in [3.8, 4) is 0 Å². The van der Waals surface area contributed by atoms with E-state index in [2.05, 4.69) is 25.2 Å². The number of aromatic nitrogens is 4. The van der Waals surface area contributed by atoms with Crippen molar-refractivity contribution in [2.24, 2.45) is 0 Å². The fraction of sp³-hybridized carbons (Fsp3) is 0.471. The number of nitrogens with zero attached hydrogens (tertiary/aromatic N) is 5. The van der Waals surface area contributed by atoms with Crippen molar-refractivity contribution in [3.05, 3.63) is 46.5 Å². The molecular weight excluding hydrogens is 320 g/mol. The quantitative estimate of drug-likeness (QED) is 0.857. The van der Waals surface area contributed by atoms with Crippen molar-refractivity contribution >= 4 is 11.7 Å². The first kappa shape index (κ1) is 17.1. The second-order valence-corrected chi connectivity index (χ2v) is 6.15. The molecule has 132 valence electrons. The lowest BCUT2D eigenvalue weighted by molar-refractivity contribution is -0.121. The van der Waals surface area contributed by atoms with E-state index in [1.54, 1.807) is 13.1 Å². The maximum absolute atomic E-state index is 12.0. The summed E-state index contributed by atoms with van der Waals surface area (Å²) in [5.74, 6) is 1.18. The fourth-order valence-electron chi connectivity index (χ4n) is 2.80. The van der Waals surface area contributed by atoms with Gasteiger partial charge in [-0.15, -0.1) is 0 Å². The SMILES string of the molecule is Cc1cc(=O)n(CC(=O)NCc2nccc(N3CCCCC3)n2)cn1. The molecule has 0 saturated carbocycles. The first-order valence-electron chi connectivity index (χ1n) is 8.48. The Hall–Kier alpha value is -2.77. The Morgan fingerprint density at radius 3 is 2.80 bits per heavy atom. The Morgan fingerprint density at radius 1 is 1.24 bits per heavy atom. The molecule has 0 unspecified atom stereocenters. The average Bonchev–Trinajstić information content (AvgIpc) is 2.63. The second kappa shape index (κ2) is 7.87. The predicted molar refractivity (Wildman–Crippen MR) is 93.2 cm³/mol. The van der Waals surface area contributed by atoms with E-state index >= 15 is 0 Å². The van der Waals surface area contributed by atoms with Crippen LogP contribution in [0.3, 0.4) is 0 Å².